The Kier molecular flexibility index (Phi) is 8.33. The van der Waals surface area contributed by atoms with Gasteiger partial charge in [-0.25, -0.2) is 4.79 Å². The van der Waals surface area contributed by atoms with Crippen LogP contribution in [0.5, 0.6) is 0 Å². The first kappa shape index (κ1) is 27.1. The zero-order chi connectivity index (χ0) is 25.4. The molecule has 0 aromatic rings. The fourth-order valence-corrected chi connectivity index (χ4v) is 9.16. The van der Waals surface area contributed by atoms with Crippen molar-refractivity contribution in [2.24, 2.45) is 52.3 Å². The van der Waals surface area contributed by atoms with Crippen molar-refractivity contribution in [1.82, 2.24) is 0 Å². The van der Waals surface area contributed by atoms with Gasteiger partial charge in [-0.2, -0.15) is 0 Å². The Bertz CT molecular complexity index is 769. The molecule has 0 amide bonds. The molecule has 0 spiro atoms. The minimum atomic E-state index is -0.477. The van der Waals surface area contributed by atoms with Gasteiger partial charge in [0.2, 0.25) is 0 Å². The van der Waals surface area contributed by atoms with Gasteiger partial charge in [0, 0.05) is 6.42 Å². The SMILES string of the molecule is CC(C)CCC[C@H](C)[C@@H]1CC[C@@H]2[C@H]3CC=C4C[C@H](OC(=O)OCC(C)C)CC[C@@]4(C)[C@@H]3CC[C@]21C. The smallest absolute Gasteiger partial charge is 0.434 e. The highest BCUT2D eigenvalue weighted by Crippen LogP contribution is 2.67. The summed E-state index contributed by atoms with van der Waals surface area (Å²) in [6.07, 6.45) is 16.3. The normalized spacial score (nSPS) is 39.5. The Labute approximate surface area is 216 Å². The maximum atomic E-state index is 12.2. The maximum Gasteiger partial charge on any atom is 0.508 e. The minimum Gasteiger partial charge on any atom is -0.434 e. The lowest BCUT2D eigenvalue weighted by Crippen LogP contribution is -2.51. The molecule has 3 nitrogen and oxygen atoms in total. The van der Waals surface area contributed by atoms with E-state index in [2.05, 4.69) is 54.5 Å². The molecule has 4 aliphatic carbocycles. The third-order valence-corrected chi connectivity index (χ3v) is 11.1. The van der Waals surface area contributed by atoms with E-state index >= 15 is 0 Å². The molecule has 4 aliphatic rings. The largest absolute Gasteiger partial charge is 0.508 e. The van der Waals surface area contributed by atoms with Crippen molar-refractivity contribution in [3.8, 4) is 0 Å². The maximum absolute atomic E-state index is 12.2. The lowest BCUT2D eigenvalue weighted by molar-refractivity contribution is -0.0620. The molecule has 0 aromatic heterocycles. The van der Waals surface area contributed by atoms with Crippen LogP contribution < -0.4 is 0 Å². The van der Waals surface area contributed by atoms with Crippen LogP contribution in [0, 0.1) is 52.3 Å². The topological polar surface area (TPSA) is 35.5 Å². The van der Waals surface area contributed by atoms with E-state index < -0.39 is 6.16 Å². The van der Waals surface area contributed by atoms with Crippen molar-refractivity contribution < 1.29 is 14.3 Å². The quantitative estimate of drug-likeness (QED) is 0.253. The number of allylic oxidation sites excluding steroid dienone is 1. The molecule has 0 bridgehead atoms. The van der Waals surface area contributed by atoms with Crippen LogP contribution in [0.15, 0.2) is 11.6 Å². The Hall–Kier alpha value is -0.990. The first-order valence-corrected chi connectivity index (χ1v) is 15.1. The Morgan fingerprint density at radius 1 is 0.971 bits per heavy atom. The number of carbonyl (C=O) groups excluding carboxylic acids is 1. The molecule has 3 fully saturated rings. The van der Waals surface area contributed by atoms with Gasteiger partial charge in [-0.15, -0.1) is 0 Å². The number of hydrogen-bond donors (Lipinski definition) is 0. The predicted octanol–water partition coefficient (Wildman–Crippen LogP) is 9.21. The van der Waals surface area contributed by atoms with E-state index in [0.717, 1.165) is 54.8 Å². The third kappa shape index (κ3) is 5.49. The number of hydrogen-bond acceptors (Lipinski definition) is 3. The molecular weight excluding hydrogens is 432 g/mol. The van der Waals surface area contributed by atoms with Crippen molar-refractivity contribution in [3.63, 3.8) is 0 Å². The number of rotatable bonds is 8. The van der Waals surface area contributed by atoms with Crippen molar-refractivity contribution in [3.05, 3.63) is 11.6 Å². The fourth-order valence-electron chi connectivity index (χ4n) is 9.16. The van der Waals surface area contributed by atoms with Crippen molar-refractivity contribution in [2.45, 2.75) is 125 Å². The number of fused-ring (bicyclic) bond motifs is 5. The molecule has 0 aliphatic heterocycles. The molecule has 0 heterocycles. The van der Waals surface area contributed by atoms with Gasteiger partial charge in [0.05, 0.1) is 6.61 Å². The van der Waals surface area contributed by atoms with Gasteiger partial charge in [0.25, 0.3) is 0 Å². The van der Waals surface area contributed by atoms with Gasteiger partial charge in [-0.1, -0.05) is 79.4 Å². The Morgan fingerprint density at radius 2 is 1.74 bits per heavy atom. The molecular formula is C32H54O3. The zero-order valence-electron chi connectivity index (χ0n) is 23.9. The highest BCUT2D eigenvalue weighted by Gasteiger charge is 2.59. The van der Waals surface area contributed by atoms with E-state index in [0.29, 0.717) is 23.4 Å². The monoisotopic (exact) mass is 486 g/mol. The van der Waals surface area contributed by atoms with E-state index in [4.69, 9.17) is 9.47 Å². The summed E-state index contributed by atoms with van der Waals surface area (Å²) in [6.45, 7) is 17.1. The van der Waals surface area contributed by atoms with Crippen molar-refractivity contribution >= 4 is 6.16 Å². The highest BCUT2D eigenvalue weighted by atomic mass is 16.7. The summed E-state index contributed by atoms with van der Waals surface area (Å²) in [5, 5.41) is 0. The lowest BCUT2D eigenvalue weighted by atomic mass is 9.47. The van der Waals surface area contributed by atoms with Crippen LogP contribution in [0.25, 0.3) is 0 Å². The van der Waals surface area contributed by atoms with Crippen LogP contribution in [0.4, 0.5) is 4.79 Å². The third-order valence-electron chi connectivity index (χ3n) is 11.1. The van der Waals surface area contributed by atoms with E-state index in [9.17, 15) is 4.79 Å². The van der Waals surface area contributed by atoms with Crippen molar-refractivity contribution in [1.29, 1.82) is 0 Å². The number of carbonyl (C=O) groups is 1. The summed E-state index contributed by atoms with van der Waals surface area (Å²) in [7, 11) is 0. The molecule has 0 N–H and O–H groups in total. The van der Waals surface area contributed by atoms with Gasteiger partial charge >= 0.3 is 6.16 Å². The molecule has 3 heteroatoms. The molecule has 0 saturated heterocycles. The van der Waals surface area contributed by atoms with E-state index in [1.54, 1.807) is 5.57 Å². The second kappa shape index (κ2) is 10.8. The summed E-state index contributed by atoms with van der Waals surface area (Å²) in [5.74, 6) is 5.51. The van der Waals surface area contributed by atoms with Crippen LogP contribution in [0.2, 0.25) is 0 Å². The standard InChI is InChI=1S/C32H54O3/c1-21(2)9-8-10-23(5)27-13-14-28-26-12-11-24-19-25(35-30(33)34-20-22(3)4)15-17-31(24,6)29(26)16-18-32(27,28)7/h11,21-23,25-29H,8-10,12-20H2,1-7H3/t23-,25+,26+,27-,28+,29+,31+,32-/m0/s1. The van der Waals surface area contributed by atoms with E-state index in [1.807, 2.05) is 0 Å². The van der Waals surface area contributed by atoms with Gasteiger partial charge in [0.15, 0.2) is 0 Å². The summed E-state index contributed by atoms with van der Waals surface area (Å²) < 4.78 is 11.0. The Morgan fingerprint density at radius 3 is 2.46 bits per heavy atom. The average molecular weight is 487 g/mol. The molecule has 3 saturated carbocycles. The van der Waals surface area contributed by atoms with E-state index in [1.165, 1.54) is 51.4 Å². The minimum absolute atomic E-state index is 0.0121. The Balaban J connectivity index is 1.40. The fraction of sp³-hybridized carbons (Fsp3) is 0.906. The molecule has 0 aromatic carbocycles. The molecule has 8 atom stereocenters. The highest BCUT2D eigenvalue weighted by molar-refractivity contribution is 5.60. The van der Waals surface area contributed by atoms with Gasteiger partial charge < -0.3 is 9.47 Å². The summed E-state index contributed by atoms with van der Waals surface area (Å²) in [5.41, 5.74) is 2.42. The van der Waals surface area contributed by atoms with Crippen LogP contribution in [0.3, 0.4) is 0 Å². The van der Waals surface area contributed by atoms with Crippen LogP contribution in [-0.2, 0) is 9.47 Å². The average Bonchev–Trinajstić information content (AvgIpc) is 3.15. The second-order valence-electron chi connectivity index (χ2n) is 14.2. The zero-order valence-corrected chi connectivity index (χ0v) is 23.9. The van der Waals surface area contributed by atoms with Crippen LogP contribution >= 0.6 is 0 Å². The van der Waals surface area contributed by atoms with Crippen LogP contribution in [0.1, 0.15) is 119 Å². The lowest BCUT2D eigenvalue weighted by Gasteiger charge is -2.58. The first-order chi connectivity index (χ1) is 16.5. The second-order valence-corrected chi connectivity index (χ2v) is 14.2. The van der Waals surface area contributed by atoms with E-state index in [-0.39, 0.29) is 6.10 Å². The van der Waals surface area contributed by atoms with Crippen molar-refractivity contribution in [2.75, 3.05) is 6.61 Å². The summed E-state index contributed by atoms with van der Waals surface area (Å²) in [6, 6.07) is 0. The molecule has 4 rings (SSSR count). The summed E-state index contributed by atoms with van der Waals surface area (Å²) in [4.78, 5) is 12.2. The molecule has 0 unspecified atom stereocenters. The van der Waals surface area contributed by atoms with Gasteiger partial charge in [0.1, 0.15) is 6.10 Å². The van der Waals surface area contributed by atoms with Gasteiger partial charge in [-0.3, -0.25) is 0 Å². The van der Waals surface area contributed by atoms with Gasteiger partial charge in [-0.05, 0) is 97.2 Å². The molecule has 200 valence electrons. The molecule has 35 heavy (non-hydrogen) atoms. The first-order valence-electron chi connectivity index (χ1n) is 15.1. The summed E-state index contributed by atoms with van der Waals surface area (Å²) >= 11 is 0. The van der Waals surface area contributed by atoms with Crippen LogP contribution in [-0.4, -0.2) is 18.9 Å². The molecule has 0 radical (unpaired) electrons. The predicted molar refractivity (Wildman–Crippen MR) is 144 cm³/mol. The number of ether oxygens (including phenoxy) is 2.